The van der Waals surface area contributed by atoms with Gasteiger partial charge in [-0.2, -0.15) is 0 Å². The highest BCUT2D eigenvalue weighted by Crippen LogP contribution is 2.42. The van der Waals surface area contributed by atoms with E-state index in [1.807, 2.05) is 32.0 Å². The van der Waals surface area contributed by atoms with E-state index in [9.17, 15) is 19.2 Å². The van der Waals surface area contributed by atoms with Crippen molar-refractivity contribution in [2.24, 2.45) is 11.8 Å². The normalized spacial score (nSPS) is 20.5. The number of amides is 3. The summed E-state index contributed by atoms with van der Waals surface area (Å²) in [5.41, 5.74) is 0.392. The minimum absolute atomic E-state index is 0.106. The van der Waals surface area contributed by atoms with Crippen molar-refractivity contribution in [1.29, 1.82) is 0 Å². The van der Waals surface area contributed by atoms with Crippen LogP contribution in [0.4, 0.5) is 4.79 Å². The van der Waals surface area contributed by atoms with Gasteiger partial charge in [0.15, 0.2) is 0 Å². The van der Waals surface area contributed by atoms with Gasteiger partial charge in [-0.1, -0.05) is 37.6 Å². The Morgan fingerprint density at radius 1 is 1.30 bits per heavy atom. The Hall–Kier alpha value is -2.61. The molecule has 1 heterocycles. The van der Waals surface area contributed by atoms with Crippen molar-refractivity contribution in [1.82, 2.24) is 16.0 Å². The van der Waals surface area contributed by atoms with E-state index in [0.717, 1.165) is 18.4 Å². The molecule has 1 aliphatic heterocycles. The molecule has 8 nitrogen and oxygen atoms in total. The molecule has 3 atom stereocenters. The average molecular weight is 478 g/mol. The Morgan fingerprint density at radius 2 is 2.06 bits per heavy atom. The molecule has 0 bridgehead atoms. The van der Waals surface area contributed by atoms with Crippen LogP contribution in [0.3, 0.4) is 0 Å². The first-order chi connectivity index (χ1) is 15.7. The number of halogens is 1. The third-order valence-corrected chi connectivity index (χ3v) is 6.28. The molecule has 0 radical (unpaired) electrons. The van der Waals surface area contributed by atoms with Crippen LogP contribution in [0.1, 0.15) is 51.5 Å². The molecule has 180 valence electrons. The van der Waals surface area contributed by atoms with E-state index in [2.05, 4.69) is 16.0 Å². The van der Waals surface area contributed by atoms with E-state index in [4.69, 9.17) is 16.3 Å². The fourth-order valence-electron chi connectivity index (χ4n) is 4.15. The first-order valence-corrected chi connectivity index (χ1v) is 11.8. The van der Waals surface area contributed by atoms with Crippen molar-refractivity contribution in [2.75, 3.05) is 6.54 Å². The van der Waals surface area contributed by atoms with Gasteiger partial charge in [0.05, 0.1) is 6.04 Å². The Kier molecular flexibility index (Phi) is 8.35. The summed E-state index contributed by atoms with van der Waals surface area (Å²) >= 11 is 6.06. The molecule has 2 fully saturated rings. The first-order valence-electron chi connectivity index (χ1n) is 11.5. The van der Waals surface area contributed by atoms with Crippen molar-refractivity contribution >= 4 is 35.8 Å². The zero-order chi connectivity index (χ0) is 24.0. The van der Waals surface area contributed by atoms with E-state index in [1.54, 1.807) is 6.07 Å². The third kappa shape index (κ3) is 7.45. The number of nitrogens with one attached hydrogen (secondary N) is 3. The molecule has 33 heavy (non-hydrogen) atoms. The standard InChI is InChI=1S/C24H32ClN3O5/c1-15(2)10-20(22(31)27-19(14-29)12-17-6-9-26-21(17)30)28-23(32)33-24(7-8-24)13-16-4-3-5-18(25)11-16/h3-5,11,14-15,17,19-20H,6-10,12-13H2,1-2H3,(H,26,30)(H,27,31)(H,28,32). The molecule has 1 saturated carbocycles. The summed E-state index contributed by atoms with van der Waals surface area (Å²) in [6.07, 6.45) is 3.27. The molecule has 3 unspecified atom stereocenters. The van der Waals surface area contributed by atoms with E-state index in [-0.39, 0.29) is 24.2 Å². The lowest BCUT2D eigenvalue weighted by atomic mass is 9.98. The molecule has 0 spiro atoms. The van der Waals surface area contributed by atoms with Gasteiger partial charge in [0.25, 0.3) is 0 Å². The lowest BCUT2D eigenvalue weighted by Gasteiger charge is -2.24. The molecule has 3 N–H and O–H groups in total. The largest absolute Gasteiger partial charge is 0.443 e. The maximum atomic E-state index is 12.9. The summed E-state index contributed by atoms with van der Waals surface area (Å²) in [4.78, 5) is 48.9. The number of hydrogen-bond acceptors (Lipinski definition) is 5. The van der Waals surface area contributed by atoms with Crippen LogP contribution >= 0.6 is 11.6 Å². The zero-order valence-electron chi connectivity index (χ0n) is 19.1. The monoisotopic (exact) mass is 477 g/mol. The van der Waals surface area contributed by atoms with Gasteiger partial charge in [-0.3, -0.25) is 9.59 Å². The lowest BCUT2D eigenvalue weighted by molar-refractivity contribution is -0.127. The Bertz CT molecular complexity index is 887. The van der Waals surface area contributed by atoms with E-state index in [1.165, 1.54) is 0 Å². The molecule has 1 aromatic carbocycles. The molecule has 3 amide bonds. The van der Waals surface area contributed by atoms with Crippen LogP contribution in [-0.2, 0) is 25.5 Å². The zero-order valence-corrected chi connectivity index (χ0v) is 19.8. The summed E-state index contributed by atoms with van der Waals surface area (Å²) < 4.78 is 5.71. The third-order valence-electron chi connectivity index (χ3n) is 6.04. The second kappa shape index (κ2) is 11.0. The lowest BCUT2D eigenvalue weighted by Crippen LogP contribution is -2.51. The van der Waals surface area contributed by atoms with Crippen LogP contribution in [-0.4, -0.2) is 48.4 Å². The second-order valence-corrected chi connectivity index (χ2v) is 9.91. The molecule has 2 aliphatic rings. The highest BCUT2D eigenvalue weighted by molar-refractivity contribution is 6.30. The van der Waals surface area contributed by atoms with Gasteiger partial charge < -0.3 is 25.5 Å². The van der Waals surface area contributed by atoms with Crippen molar-refractivity contribution in [3.63, 3.8) is 0 Å². The summed E-state index contributed by atoms with van der Waals surface area (Å²) in [7, 11) is 0. The summed E-state index contributed by atoms with van der Waals surface area (Å²) in [6, 6.07) is 5.79. The maximum Gasteiger partial charge on any atom is 0.408 e. The quantitative estimate of drug-likeness (QED) is 0.424. The second-order valence-electron chi connectivity index (χ2n) is 9.47. The summed E-state index contributed by atoms with van der Waals surface area (Å²) in [6.45, 7) is 4.45. The van der Waals surface area contributed by atoms with Crippen LogP contribution in [0.2, 0.25) is 5.02 Å². The Morgan fingerprint density at radius 3 is 2.64 bits per heavy atom. The number of aldehydes is 1. The van der Waals surface area contributed by atoms with Gasteiger partial charge in [-0.05, 0) is 55.7 Å². The smallest absolute Gasteiger partial charge is 0.408 e. The number of alkyl carbamates (subject to hydrolysis) is 1. The predicted octanol–water partition coefficient (Wildman–Crippen LogP) is 2.77. The topological polar surface area (TPSA) is 114 Å². The Labute approximate surface area is 199 Å². The number of carbonyl (C=O) groups is 4. The number of rotatable bonds is 11. The van der Waals surface area contributed by atoms with Crippen LogP contribution in [0.5, 0.6) is 0 Å². The van der Waals surface area contributed by atoms with Gasteiger partial charge in [0.1, 0.15) is 17.9 Å². The van der Waals surface area contributed by atoms with Gasteiger partial charge in [-0.25, -0.2) is 4.79 Å². The Balaban J connectivity index is 1.57. The number of benzene rings is 1. The van der Waals surface area contributed by atoms with Gasteiger partial charge in [-0.15, -0.1) is 0 Å². The van der Waals surface area contributed by atoms with Gasteiger partial charge in [0.2, 0.25) is 11.8 Å². The van der Waals surface area contributed by atoms with Gasteiger partial charge in [0, 0.05) is 23.9 Å². The molecule has 3 rings (SSSR count). The minimum Gasteiger partial charge on any atom is -0.443 e. The van der Waals surface area contributed by atoms with Crippen molar-refractivity contribution < 1.29 is 23.9 Å². The predicted molar refractivity (Wildman–Crippen MR) is 124 cm³/mol. The van der Waals surface area contributed by atoms with E-state index >= 15 is 0 Å². The fourth-order valence-corrected chi connectivity index (χ4v) is 4.37. The number of carbonyl (C=O) groups excluding carboxylic acids is 4. The summed E-state index contributed by atoms with van der Waals surface area (Å²) in [5, 5.41) is 8.71. The average Bonchev–Trinajstić information content (AvgIpc) is 3.36. The molecule has 1 aliphatic carbocycles. The molecule has 9 heteroatoms. The van der Waals surface area contributed by atoms with Crippen LogP contribution in [0, 0.1) is 11.8 Å². The summed E-state index contributed by atoms with van der Waals surface area (Å²) in [5.74, 6) is -0.748. The van der Waals surface area contributed by atoms with Crippen molar-refractivity contribution in [3.8, 4) is 0 Å². The molecular weight excluding hydrogens is 446 g/mol. The maximum absolute atomic E-state index is 12.9. The highest BCUT2D eigenvalue weighted by atomic mass is 35.5. The minimum atomic E-state index is -0.848. The van der Waals surface area contributed by atoms with Crippen LogP contribution in [0.15, 0.2) is 24.3 Å². The number of hydrogen-bond donors (Lipinski definition) is 3. The number of ether oxygens (including phenoxy) is 1. The van der Waals surface area contributed by atoms with E-state index < -0.39 is 29.7 Å². The van der Waals surface area contributed by atoms with Crippen LogP contribution in [0.25, 0.3) is 0 Å². The fraction of sp³-hybridized carbons (Fsp3) is 0.583. The van der Waals surface area contributed by atoms with Crippen molar-refractivity contribution in [3.05, 3.63) is 34.9 Å². The van der Waals surface area contributed by atoms with Gasteiger partial charge >= 0.3 is 6.09 Å². The first kappa shape index (κ1) is 25.0. The molecule has 1 aromatic rings. The van der Waals surface area contributed by atoms with Crippen LogP contribution < -0.4 is 16.0 Å². The van der Waals surface area contributed by atoms with E-state index in [0.29, 0.717) is 37.1 Å². The molecule has 1 saturated heterocycles. The molecular formula is C24H32ClN3O5. The van der Waals surface area contributed by atoms with Crippen molar-refractivity contribution in [2.45, 2.75) is 70.1 Å². The SMILES string of the molecule is CC(C)CC(NC(=O)OC1(Cc2cccc(Cl)c2)CC1)C(=O)NC(C=O)CC1CCNC1=O. The molecule has 0 aromatic heterocycles. The highest BCUT2D eigenvalue weighted by Gasteiger charge is 2.47.